The molecule has 0 spiro atoms. The van der Waals surface area contributed by atoms with E-state index in [0.29, 0.717) is 41.8 Å². The van der Waals surface area contributed by atoms with Gasteiger partial charge in [0, 0.05) is 30.6 Å². The minimum absolute atomic E-state index is 0.0571. The third-order valence-electron chi connectivity index (χ3n) is 7.05. The summed E-state index contributed by atoms with van der Waals surface area (Å²) >= 11 is 0. The molecule has 4 N–H and O–H groups in total. The van der Waals surface area contributed by atoms with Gasteiger partial charge in [0.25, 0.3) is 0 Å². The molecule has 0 amide bonds. The molecule has 0 bridgehead atoms. The highest BCUT2D eigenvalue weighted by Gasteiger charge is 2.37. The summed E-state index contributed by atoms with van der Waals surface area (Å²) in [7, 11) is 1.29. The maximum Gasteiger partial charge on any atom is 0.417 e. The van der Waals surface area contributed by atoms with Crippen molar-refractivity contribution in [1.29, 1.82) is 0 Å². The smallest absolute Gasteiger partial charge is 0.417 e. The predicted octanol–water partition coefficient (Wildman–Crippen LogP) is 4.50. The Labute approximate surface area is 226 Å². The first-order valence-electron chi connectivity index (χ1n) is 12.5. The molecule has 0 saturated carbocycles. The molecule has 1 saturated heterocycles. The van der Waals surface area contributed by atoms with Crippen molar-refractivity contribution < 1.29 is 26.7 Å². The Bertz CT molecular complexity index is 1520. The number of nitrogens with two attached hydrogens (primary N) is 2. The van der Waals surface area contributed by atoms with Crippen molar-refractivity contribution in [3.05, 3.63) is 54.2 Å². The van der Waals surface area contributed by atoms with Crippen molar-refractivity contribution in [1.82, 2.24) is 24.5 Å². The Hall–Kier alpha value is -4.07. The first-order chi connectivity index (χ1) is 19.0. The van der Waals surface area contributed by atoms with Gasteiger partial charge in [-0.2, -0.15) is 13.2 Å². The molecule has 0 radical (unpaired) electrons. The van der Waals surface area contributed by atoms with E-state index in [4.69, 9.17) is 16.2 Å². The second-order valence-corrected chi connectivity index (χ2v) is 9.89. The number of pyridine rings is 1. The van der Waals surface area contributed by atoms with Crippen molar-refractivity contribution in [2.45, 2.75) is 43.9 Å². The average molecular weight is 563 g/mol. The van der Waals surface area contributed by atoms with E-state index < -0.39 is 30.1 Å². The van der Waals surface area contributed by atoms with Gasteiger partial charge in [-0.1, -0.05) is 0 Å². The number of nitrogen functional groups attached to an aromatic ring is 1. The molecular weight excluding hydrogens is 535 g/mol. The van der Waals surface area contributed by atoms with Gasteiger partial charge in [-0.15, -0.1) is 0 Å². The lowest BCUT2D eigenvalue weighted by Gasteiger charge is -2.42. The molecule has 40 heavy (non-hydrogen) atoms. The number of benzene rings is 1. The van der Waals surface area contributed by atoms with Crippen molar-refractivity contribution >= 4 is 22.7 Å². The molecule has 1 aromatic carbocycles. The highest BCUT2D eigenvalue weighted by Crippen LogP contribution is 2.40. The Morgan fingerprint density at radius 2 is 1.93 bits per heavy atom. The molecule has 0 aliphatic carbocycles. The van der Waals surface area contributed by atoms with Gasteiger partial charge >= 0.3 is 6.18 Å². The summed E-state index contributed by atoms with van der Waals surface area (Å²) in [6.45, 7) is 0.798. The van der Waals surface area contributed by atoms with Gasteiger partial charge in [0.2, 0.25) is 6.43 Å². The number of rotatable bonds is 7. The van der Waals surface area contributed by atoms with Crippen LogP contribution in [-0.4, -0.2) is 56.7 Å². The molecule has 212 valence electrons. The quantitative estimate of drug-likeness (QED) is 0.316. The highest BCUT2D eigenvalue weighted by molar-refractivity contribution is 5.81. The Morgan fingerprint density at radius 1 is 1.12 bits per heavy atom. The monoisotopic (exact) mass is 562 g/mol. The zero-order valence-corrected chi connectivity index (χ0v) is 21.5. The van der Waals surface area contributed by atoms with Gasteiger partial charge in [-0.05, 0) is 42.7 Å². The summed E-state index contributed by atoms with van der Waals surface area (Å²) in [5.41, 5.74) is 12.2. The van der Waals surface area contributed by atoms with E-state index in [-0.39, 0.29) is 35.9 Å². The van der Waals surface area contributed by atoms with Crippen LogP contribution in [0.2, 0.25) is 0 Å². The number of fused-ring (bicyclic) bond motifs is 1. The topological polar surface area (TPSA) is 121 Å². The number of nitrogens with zero attached hydrogens (tertiary/aromatic N) is 6. The normalized spacial score (nSPS) is 18.1. The van der Waals surface area contributed by atoms with Crippen molar-refractivity contribution in [3.63, 3.8) is 0 Å². The standard InChI is InChI=1S/C26H27F5N8O/c1-40-16-3-4-17(18(8-16)26(29,30)31)19-7-15(11-39-14-37-22-23(32)35-13-36-24(22)39)20(10-34-19)38-6-2-5-25(33,12-38)9-21(27)28/h3-4,7-8,10,13-14,21H,2,5-6,9,11-12,33H2,1H3,(H2,32,35,36)/t25-/m0/s1. The van der Waals surface area contributed by atoms with Crippen LogP contribution in [0.1, 0.15) is 30.4 Å². The van der Waals surface area contributed by atoms with Crippen molar-refractivity contribution in [3.8, 4) is 17.0 Å². The SMILES string of the molecule is COc1ccc(-c2cc(Cn3cnc4c(N)ncnc43)c(N3CCC[C@](N)(CC(F)F)C3)cn2)c(C(F)(F)F)c1. The number of piperidine rings is 1. The van der Waals surface area contributed by atoms with E-state index >= 15 is 0 Å². The van der Waals surface area contributed by atoms with Gasteiger partial charge in [-0.25, -0.2) is 23.7 Å². The van der Waals surface area contributed by atoms with Crippen LogP contribution in [0.4, 0.5) is 33.5 Å². The summed E-state index contributed by atoms with van der Waals surface area (Å²) in [5, 5.41) is 0. The van der Waals surface area contributed by atoms with Gasteiger partial charge in [0.15, 0.2) is 11.5 Å². The van der Waals surface area contributed by atoms with E-state index in [1.54, 1.807) is 10.6 Å². The lowest BCUT2D eigenvalue weighted by atomic mass is 9.86. The number of anilines is 2. The first kappa shape index (κ1) is 27.5. The van der Waals surface area contributed by atoms with Crippen LogP contribution in [0.15, 0.2) is 43.1 Å². The molecule has 1 fully saturated rings. The van der Waals surface area contributed by atoms with E-state index in [9.17, 15) is 22.0 Å². The fraction of sp³-hybridized carbons (Fsp3) is 0.385. The van der Waals surface area contributed by atoms with Crippen LogP contribution in [-0.2, 0) is 12.7 Å². The zero-order valence-electron chi connectivity index (χ0n) is 21.5. The van der Waals surface area contributed by atoms with Crippen LogP contribution in [0.5, 0.6) is 5.75 Å². The lowest BCUT2D eigenvalue weighted by Crippen LogP contribution is -2.55. The molecular formula is C26H27F5N8O. The maximum absolute atomic E-state index is 14.0. The van der Waals surface area contributed by atoms with Crippen LogP contribution in [0, 0.1) is 0 Å². The third kappa shape index (κ3) is 5.48. The predicted molar refractivity (Wildman–Crippen MR) is 139 cm³/mol. The highest BCUT2D eigenvalue weighted by atomic mass is 19.4. The van der Waals surface area contributed by atoms with E-state index in [2.05, 4.69) is 19.9 Å². The van der Waals surface area contributed by atoms with Crippen LogP contribution in [0.25, 0.3) is 22.4 Å². The molecule has 5 rings (SSSR count). The van der Waals surface area contributed by atoms with E-state index in [1.165, 1.54) is 38.1 Å². The van der Waals surface area contributed by atoms with Crippen LogP contribution >= 0.6 is 0 Å². The van der Waals surface area contributed by atoms with Gasteiger partial charge in [-0.3, -0.25) is 4.98 Å². The second-order valence-electron chi connectivity index (χ2n) is 9.89. The lowest BCUT2D eigenvalue weighted by molar-refractivity contribution is -0.137. The number of methoxy groups -OCH3 is 1. The van der Waals surface area contributed by atoms with Gasteiger partial charge in [0.1, 0.15) is 17.6 Å². The Morgan fingerprint density at radius 3 is 2.65 bits per heavy atom. The summed E-state index contributed by atoms with van der Waals surface area (Å²) in [6, 6.07) is 5.22. The number of hydrogen-bond acceptors (Lipinski definition) is 8. The van der Waals surface area contributed by atoms with Crippen LogP contribution in [0.3, 0.4) is 0 Å². The number of imidazole rings is 1. The third-order valence-corrected chi connectivity index (χ3v) is 7.05. The van der Waals surface area contributed by atoms with E-state index in [0.717, 1.165) is 6.07 Å². The molecule has 1 aliphatic heterocycles. The molecule has 4 aromatic rings. The number of ether oxygens (including phenoxy) is 1. The maximum atomic E-state index is 14.0. The van der Waals surface area contributed by atoms with Gasteiger partial charge < -0.3 is 25.7 Å². The summed E-state index contributed by atoms with van der Waals surface area (Å²) in [5.74, 6) is 0.241. The molecule has 9 nitrogen and oxygen atoms in total. The minimum Gasteiger partial charge on any atom is -0.497 e. The molecule has 3 aromatic heterocycles. The first-order valence-corrected chi connectivity index (χ1v) is 12.5. The number of halogens is 5. The summed E-state index contributed by atoms with van der Waals surface area (Å²) < 4.78 is 75.3. The summed E-state index contributed by atoms with van der Waals surface area (Å²) in [4.78, 5) is 18.7. The fourth-order valence-electron chi connectivity index (χ4n) is 5.19. The summed E-state index contributed by atoms with van der Waals surface area (Å²) in [6.07, 6.45) is -2.44. The minimum atomic E-state index is -4.67. The Kier molecular flexibility index (Phi) is 7.21. The zero-order chi connectivity index (χ0) is 28.7. The molecule has 4 heterocycles. The number of alkyl halides is 5. The average Bonchev–Trinajstić information content (AvgIpc) is 3.31. The molecule has 1 aliphatic rings. The van der Waals surface area contributed by atoms with Gasteiger partial charge in [0.05, 0.1) is 43.1 Å². The molecule has 1 atom stereocenters. The second kappa shape index (κ2) is 10.5. The molecule has 0 unspecified atom stereocenters. The Balaban J connectivity index is 1.62. The largest absolute Gasteiger partial charge is 0.497 e. The van der Waals surface area contributed by atoms with Crippen molar-refractivity contribution in [2.24, 2.45) is 5.73 Å². The van der Waals surface area contributed by atoms with Crippen molar-refractivity contribution in [2.75, 3.05) is 30.8 Å². The van der Waals surface area contributed by atoms with Crippen LogP contribution < -0.4 is 21.1 Å². The number of aromatic nitrogens is 5. The number of hydrogen-bond donors (Lipinski definition) is 2. The fourth-order valence-corrected chi connectivity index (χ4v) is 5.19. The van der Waals surface area contributed by atoms with E-state index in [1.807, 2.05) is 4.90 Å². The molecule has 14 heteroatoms.